The predicted molar refractivity (Wildman–Crippen MR) is 95.4 cm³/mol. The standard InChI is InChI=1S/C16H21N3O5S/c1-10-4-5-12(11(2)6-10)18-14(21)8-25-9-15(22)24-7-13(20)19-16(23)17-3/h4-6H,7-9H2,1-3H3,(H,18,21)(H2,17,19,20,23). The first-order chi connectivity index (χ1) is 11.8. The SMILES string of the molecule is CNC(=O)NC(=O)COC(=O)CSCC(=O)Nc1ccc(C)cc1C. The van der Waals surface area contributed by atoms with Gasteiger partial charge in [0.05, 0.1) is 11.5 Å². The van der Waals surface area contributed by atoms with Crippen molar-refractivity contribution in [3.8, 4) is 0 Å². The molecule has 0 unspecified atom stereocenters. The van der Waals surface area contributed by atoms with Crippen LogP contribution in [0.15, 0.2) is 18.2 Å². The molecule has 0 bridgehead atoms. The van der Waals surface area contributed by atoms with Crippen LogP contribution in [0.2, 0.25) is 0 Å². The molecule has 0 aromatic heterocycles. The van der Waals surface area contributed by atoms with Crippen molar-refractivity contribution in [2.45, 2.75) is 13.8 Å². The summed E-state index contributed by atoms with van der Waals surface area (Å²) in [5.74, 6) is -1.61. The number of urea groups is 1. The van der Waals surface area contributed by atoms with E-state index in [1.807, 2.05) is 37.4 Å². The number of hydrogen-bond acceptors (Lipinski definition) is 6. The highest BCUT2D eigenvalue weighted by Crippen LogP contribution is 2.16. The molecule has 1 rings (SSSR count). The van der Waals surface area contributed by atoms with Crippen LogP contribution < -0.4 is 16.0 Å². The van der Waals surface area contributed by atoms with Crippen molar-refractivity contribution in [3.05, 3.63) is 29.3 Å². The first kappa shape index (κ1) is 20.5. The quantitative estimate of drug-likeness (QED) is 0.619. The number of anilines is 1. The number of carbonyl (C=O) groups excluding carboxylic acids is 4. The Bertz CT molecular complexity index is 663. The molecule has 0 fully saturated rings. The minimum atomic E-state index is -0.731. The number of ether oxygens (including phenoxy) is 1. The van der Waals surface area contributed by atoms with Crippen LogP contribution in [0.5, 0.6) is 0 Å². The molecule has 0 aliphatic carbocycles. The number of thioether (sulfide) groups is 1. The summed E-state index contributed by atoms with van der Waals surface area (Å²) in [4.78, 5) is 45.4. The Morgan fingerprint density at radius 3 is 2.44 bits per heavy atom. The second-order valence-corrected chi connectivity index (χ2v) is 6.13. The molecule has 9 heteroatoms. The lowest BCUT2D eigenvalue weighted by Gasteiger charge is -2.09. The lowest BCUT2D eigenvalue weighted by molar-refractivity contribution is -0.145. The number of amides is 4. The molecule has 8 nitrogen and oxygen atoms in total. The van der Waals surface area contributed by atoms with Crippen LogP contribution in [0.1, 0.15) is 11.1 Å². The molecule has 1 aromatic carbocycles. The average molecular weight is 367 g/mol. The number of aryl methyl sites for hydroxylation is 2. The molecule has 0 saturated heterocycles. The summed E-state index contributed by atoms with van der Waals surface area (Å²) in [6.07, 6.45) is 0. The van der Waals surface area contributed by atoms with Gasteiger partial charge in [-0.25, -0.2) is 4.79 Å². The van der Waals surface area contributed by atoms with Gasteiger partial charge in [-0.2, -0.15) is 0 Å². The number of rotatable bonds is 7. The van der Waals surface area contributed by atoms with E-state index in [2.05, 4.69) is 10.6 Å². The Morgan fingerprint density at radius 2 is 1.80 bits per heavy atom. The van der Waals surface area contributed by atoms with E-state index in [0.717, 1.165) is 28.6 Å². The normalized spacial score (nSPS) is 9.88. The lowest BCUT2D eigenvalue weighted by Crippen LogP contribution is -2.39. The second-order valence-electron chi connectivity index (χ2n) is 5.15. The highest BCUT2D eigenvalue weighted by Gasteiger charge is 2.11. The van der Waals surface area contributed by atoms with Gasteiger partial charge in [0, 0.05) is 12.7 Å². The van der Waals surface area contributed by atoms with Crippen LogP contribution in [0.3, 0.4) is 0 Å². The molecule has 0 atom stereocenters. The molecular weight excluding hydrogens is 346 g/mol. The smallest absolute Gasteiger partial charge is 0.321 e. The predicted octanol–water partition coefficient (Wildman–Crippen LogP) is 0.974. The van der Waals surface area contributed by atoms with Crippen LogP contribution >= 0.6 is 11.8 Å². The molecule has 0 aliphatic heterocycles. The van der Waals surface area contributed by atoms with Crippen molar-refractivity contribution in [2.24, 2.45) is 0 Å². The van der Waals surface area contributed by atoms with E-state index >= 15 is 0 Å². The molecule has 3 N–H and O–H groups in total. The van der Waals surface area contributed by atoms with E-state index in [9.17, 15) is 19.2 Å². The fraction of sp³-hybridized carbons (Fsp3) is 0.375. The van der Waals surface area contributed by atoms with Crippen molar-refractivity contribution in [1.82, 2.24) is 10.6 Å². The van der Waals surface area contributed by atoms with Gasteiger partial charge in [0.2, 0.25) is 5.91 Å². The maximum absolute atomic E-state index is 11.9. The highest BCUT2D eigenvalue weighted by atomic mass is 32.2. The summed E-state index contributed by atoms with van der Waals surface area (Å²) in [7, 11) is 1.36. The maximum atomic E-state index is 11.9. The van der Waals surface area contributed by atoms with Crippen molar-refractivity contribution >= 4 is 41.3 Å². The fourth-order valence-corrected chi connectivity index (χ4v) is 2.39. The van der Waals surface area contributed by atoms with E-state index < -0.39 is 24.5 Å². The first-order valence-corrected chi connectivity index (χ1v) is 8.59. The van der Waals surface area contributed by atoms with Crippen LogP contribution in [-0.4, -0.2) is 49.0 Å². The maximum Gasteiger partial charge on any atom is 0.321 e. The molecule has 0 heterocycles. The Hall–Kier alpha value is -2.55. The number of esters is 1. The van der Waals surface area contributed by atoms with Gasteiger partial charge in [-0.3, -0.25) is 19.7 Å². The van der Waals surface area contributed by atoms with Gasteiger partial charge in [0.15, 0.2) is 6.61 Å². The Morgan fingerprint density at radius 1 is 1.08 bits per heavy atom. The van der Waals surface area contributed by atoms with Gasteiger partial charge < -0.3 is 15.4 Å². The molecule has 0 spiro atoms. The van der Waals surface area contributed by atoms with Gasteiger partial charge in [-0.1, -0.05) is 17.7 Å². The van der Waals surface area contributed by atoms with Gasteiger partial charge in [-0.05, 0) is 25.5 Å². The summed E-state index contributed by atoms with van der Waals surface area (Å²) in [5, 5.41) is 6.92. The van der Waals surface area contributed by atoms with Crippen molar-refractivity contribution in [1.29, 1.82) is 0 Å². The summed E-state index contributed by atoms with van der Waals surface area (Å²) >= 11 is 1.07. The summed E-state index contributed by atoms with van der Waals surface area (Å²) < 4.78 is 4.70. The zero-order valence-corrected chi connectivity index (χ0v) is 15.1. The Labute approximate surface area is 150 Å². The summed E-state index contributed by atoms with van der Waals surface area (Å²) in [5.41, 5.74) is 2.79. The topological polar surface area (TPSA) is 114 Å². The van der Waals surface area contributed by atoms with Gasteiger partial charge >= 0.3 is 12.0 Å². The number of nitrogens with one attached hydrogen (secondary N) is 3. The lowest BCUT2D eigenvalue weighted by atomic mass is 10.1. The average Bonchev–Trinajstić information content (AvgIpc) is 2.55. The van der Waals surface area contributed by atoms with Gasteiger partial charge in [0.1, 0.15) is 0 Å². The molecule has 25 heavy (non-hydrogen) atoms. The second kappa shape index (κ2) is 10.3. The molecule has 4 amide bonds. The monoisotopic (exact) mass is 367 g/mol. The molecule has 1 aromatic rings. The van der Waals surface area contributed by atoms with Crippen LogP contribution in [-0.2, 0) is 19.1 Å². The largest absolute Gasteiger partial charge is 0.455 e. The van der Waals surface area contributed by atoms with E-state index in [0.29, 0.717) is 0 Å². The number of benzene rings is 1. The number of hydrogen-bond donors (Lipinski definition) is 3. The van der Waals surface area contributed by atoms with Gasteiger partial charge in [-0.15, -0.1) is 11.8 Å². The van der Waals surface area contributed by atoms with Crippen molar-refractivity contribution in [2.75, 3.05) is 30.5 Å². The zero-order chi connectivity index (χ0) is 18.8. The minimum absolute atomic E-state index is 0.0758. The van der Waals surface area contributed by atoms with Gasteiger partial charge in [0.25, 0.3) is 5.91 Å². The molecule has 136 valence electrons. The fourth-order valence-electron chi connectivity index (χ4n) is 1.78. The third-order valence-corrected chi connectivity index (χ3v) is 3.86. The third kappa shape index (κ3) is 8.20. The van der Waals surface area contributed by atoms with Crippen LogP contribution in [0, 0.1) is 13.8 Å². The summed E-state index contributed by atoms with van der Waals surface area (Å²) in [6, 6.07) is 5.01. The first-order valence-electron chi connectivity index (χ1n) is 7.44. The summed E-state index contributed by atoms with van der Waals surface area (Å²) in [6.45, 7) is 3.31. The molecule has 0 saturated carbocycles. The number of imide groups is 1. The third-order valence-electron chi connectivity index (χ3n) is 2.95. The van der Waals surface area contributed by atoms with Crippen LogP contribution in [0.25, 0.3) is 0 Å². The van der Waals surface area contributed by atoms with Crippen LogP contribution in [0.4, 0.5) is 10.5 Å². The molecule has 0 aliphatic rings. The highest BCUT2D eigenvalue weighted by molar-refractivity contribution is 8.00. The molecular formula is C16H21N3O5S. The Kier molecular flexibility index (Phi) is 8.48. The van der Waals surface area contributed by atoms with E-state index in [1.165, 1.54) is 7.05 Å². The minimum Gasteiger partial charge on any atom is -0.455 e. The Balaban J connectivity index is 2.25. The van der Waals surface area contributed by atoms with Crippen molar-refractivity contribution in [3.63, 3.8) is 0 Å². The molecule has 0 radical (unpaired) electrons. The zero-order valence-electron chi connectivity index (χ0n) is 14.3. The van der Waals surface area contributed by atoms with Crippen molar-refractivity contribution < 1.29 is 23.9 Å². The van der Waals surface area contributed by atoms with E-state index in [-0.39, 0.29) is 17.4 Å². The van der Waals surface area contributed by atoms with E-state index in [1.54, 1.807) is 0 Å². The van der Waals surface area contributed by atoms with E-state index in [4.69, 9.17) is 4.74 Å². The number of carbonyl (C=O) groups is 4.